The number of Topliss-reactive ketones (excluding diaryl/α,β-unsaturated/α-hetero) is 1. The molecule has 0 saturated carbocycles. The zero-order chi connectivity index (χ0) is 11.4. The summed E-state index contributed by atoms with van der Waals surface area (Å²) < 4.78 is 0. The summed E-state index contributed by atoms with van der Waals surface area (Å²) in [5.74, 6) is 0.0177. The largest absolute Gasteiger partial charge is 0.341 e. The fourth-order valence-electron chi connectivity index (χ4n) is 1.20. The van der Waals surface area contributed by atoms with Gasteiger partial charge in [-0.3, -0.25) is 9.69 Å². The molecule has 80 valence electrons. The summed E-state index contributed by atoms with van der Waals surface area (Å²) in [6.45, 7) is 1.51. The molecule has 1 N–H and O–H groups in total. The Labute approximate surface area is 88.9 Å². The monoisotopic (exact) mass is 206 g/mol. The Morgan fingerprint density at radius 3 is 2.13 bits per heavy atom. The third kappa shape index (κ3) is 2.56. The smallest absolute Gasteiger partial charge is 0.321 e. The van der Waals surface area contributed by atoms with E-state index in [2.05, 4.69) is 5.32 Å². The number of ketones is 1. The van der Waals surface area contributed by atoms with E-state index in [0.29, 0.717) is 5.56 Å². The number of hydrogen-bond donors (Lipinski definition) is 1. The highest BCUT2D eigenvalue weighted by atomic mass is 16.2. The molecule has 4 heteroatoms. The maximum Gasteiger partial charge on any atom is 0.321 e. The second kappa shape index (κ2) is 4.59. The maximum absolute atomic E-state index is 11.3. The van der Waals surface area contributed by atoms with Crippen molar-refractivity contribution in [3.8, 4) is 0 Å². The van der Waals surface area contributed by atoms with E-state index in [1.54, 1.807) is 38.4 Å². The van der Waals surface area contributed by atoms with Gasteiger partial charge >= 0.3 is 6.03 Å². The van der Waals surface area contributed by atoms with Crippen molar-refractivity contribution >= 4 is 17.5 Å². The lowest BCUT2D eigenvalue weighted by Gasteiger charge is -2.16. The first-order valence-corrected chi connectivity index (χ1v) is 4.62. The zero-order valence-corrected chi connectivity index (χ0v) is 9.07. The molecule has 0 saturated heterocycles. The summed E-state index contributed by atoms with van der Waals surface area (Å²) >= 11 is 0. The van der Waals surface area contributed by atoms with Crippen LogP contribution >= 0.6 is 0 Å². The lowest BCUT2D eigenvalue weighted by molar-refractivity contribution is 0.101. The first kappa shape index (κ1) is 11.2. The highest BCUT2D eigenvalue weighted by Crippen LogP contribution is 2.13. The van der Waals surface area contributed by atoms with E-state index < -0.39 is 0 Å². The minimum Gasteiger partial charge on any atom is -0.341 e. The molecule has 0 spiro atoms. The molecule has 0 unspecified atom stereocenters. The predicted molar refractivity (Wildman–Crippen MR) is 59.3 cm³/mol. The summed E-state index contributed by atoms with van der Waals surface area (Å²) in [4.78, 5) is 23.8. The highest BCUT2D eigenvalue weighted by molar-refractivity contribution is 5.95. The first-order chi connectivity index (χ1) is 7.06. The van der Waals surface area contributed by atoms with Crippen LogP contribution in [0.3, 0.4) is 0 Å². The molecule has 2 amide bonds. The lowest BCUT2D eigenvalue weighted by Crippen LogP contribution is -2.34. The third-order valence-electron chi connectivity index (χ3n) is 2.18. The molecule has 0 atom stereocenters. The molecule has 0 bridgehead atoms. The summed E-state index contributed by atoms with van der Waals surface area (Å²) in [7, 11) is 3.24. The summed E-state index contributed by atoms with van der Waals surface area (Å²) in [6.07, 6.45) is 0. The van der Waals surface area contributed by atoms with Crippen LogP contribution in [0.1, 0.15) is 17.3 Å². The number of nitrogens with one attached hydrogen (secondary N) is 1. The third-order valence-corrected chi connectivity index (χ3v) is 2.18. The van der Waals surface area contributed by atoms with E-state index >= 15 is 0 Å². The van der Waals surface area contributed by atoms with Gasteiger partial charge < -0.3 is 5.32 Å². The molecular weight excluding hydrogens is 192 g/mol. The van der Waals surface area contributed by atoms with Gasteiger partial charge in [0, 0.05) is 25.3 Å². The van der Waals surface area contributed by atoms with Gasteiger partial charge in [0.2, 0.25) is 0 Å². The summed E-state index contributed by atoms with van der Waals surface area (Å²) in [5.41, 5.74) is 1.39. The van der Waals surface area contributed by atoms with Gasteiger partial charge in [-0.25, -0.2) is 4.79 Å². The van der Waals surface area contributed by atoms with Crippen molar-refractivity contribution in [3.05, 3.63) is 29.8 Å². The molecule has 4 nitrogen and oxygen atoms in total. The molecule has 0 aliphatic heterocycles. The average molecular weight is 206 g/mol. The van der Waals surface area contributed by atoms with Crippen LogP contribution in [0.25, 0.3) is 0 Å². The number of rotatable bonds is 2. The Kier molecular flexibility index (Phi) is 3.44. The number of benzene rings is 1. The summed E-state index contributed by atoms with van der Waals surface area (Å²) in [5, 5.41) is 2.52. The minimum atomic E-state index is -0.189. The van der Waals surface area contributed by atoms with Crippen LogP contribution in [0.5, 0.6) is 0 Å². The first-order valence-electron chi connectivity index (χ1n) is 4.62. The SMILES string of the molecule is CNC(=O)N(C)c1ccc(C(C)=O)cc1. The Hall–Kier alpha value is -1.84. The van der Waals surface area contributed by atoms with Crippen LogP contribution in [0.15, 0.2) is 24.3 Å². The number of amides is 2. The van der Waals surface area contributed by atoms with E-state index in [-0.39, 0.29) is 11.8 Å². The van der Waals surface area contributed by atoms with Crippen LogP contribution in [-0.4, -0.2) is 25.9 Å². The molecule has 1 aromatic rings. The predicted octanol–water partition coefficient (Wildman–Crippen LogP) is 1.66. The number of carbonyl (C=O) groups excluding carboxylic acids is 2. The second-order valence-corrected chi connectivity index (χ2v) is 3.22. The van der Waals surface area contributed by atoms with Gasteiger partial charge in [0.1, 0.15) is 0 Å². The Morgan fingerprint density at radius 2 is 1.73 bits per heavy atom. The van der Waals surface area contributed by atoms with E-state index in [9.17, 15) is 9.59 Å². The Morgan fingerprint density at radius 1 is 1.20 bits per heavy atom. The number of urea groups is 1. The second-order valence-electron chi connectivity index (χ2n) is 3.22. The van der Waals surface area contributed by atoms with Crippen LogP contribution in [0.4, 0.5) is 10.5 Å². The molecule has 0 aliphatic rings. The van der Waals surface area contributed by atoms with Crippen LogP contribution in [-0.2, 0) is 0 Å². The molecule has 0 heterocycles. The van der Waals surface area contributed by atoms with Crippen molar-refractivity contribution in [1.29, 1.82) is 0 Å². The molecule has 0 aromatic heterocycles. The zero-order valence-electron chi connectivity index (χ0n) is 9.07. The Balaban J connectivity index is 2.89. The maximum atomic E-state index is 11.3. The van der Waals surface area contributed by atoms with E-state index in [4.69, 9.17) is 0 Å². The molecule has 0 fully saturated rings. The molecule has 1 rings (SSSR count). The van der Waals surface area contributed by atoms with Gasteiger partial charge in [0.05, 0.1) is 0 Å². The quantitative estimate of drug-likeness (QED) is 0.748. The molecule has 15 heavy (non-hydrogen) atoms. The van der Waals surface area contributed by atoms with Crippen molar-refractivity contribution in [2.24, 2.45) is 0 Å². The van der Waals surface area contributed by atoms with Crippen LogP contribution < -0.4 is 10.2 Å². The van der Waals surface area contributed by atoms with Crippen molar-refractivity contribution < 1.29 is 9.59 Å². The van der Waals surface area contributed by atoms with E-state index in [1.807, 2.05) is 0 Å². The van der Waals surface area contributed by atoms with Gasteiger partial charge in [-0.2, -0.15) is 0 Å². The number of anilines is 1. The summed E-state index contributed by atoms with van der Waals surface area (Å²) in [6, 6.07) is 6.71. The van der Waals surface area contributed by atoms with E-state index in [0.717, 1.165) is 5.69 Å². The normalized spacial score (nSPS) is 9.53. The number of nitrogens with zero attached hydrogens (tertiary/aromatic N) is 1. The molecule has 1 aromatic carbocycles. The average Bonchev–Trinajstić information content (AvgIpc) is 2.27. The minimum absolute atomic E-state index is 0.0177. The van der Waals surface area contributed by atoms with Crippen molar-refractivity contribution in [2.75, 3.05) is 19.0 Å². The molecule has 0 radical (unpaired) electrons. The fourth-order valence-corrected chi connectivity index (χ4v) is 1.20. The molecule has 0 aliphatic carbocycles. The molecular formula is C11H14N2O2. The van der Waals surface area contributed by atoms with E-state index in [1.165, 1.54) is 11.8 Å². The van der Waals surface area contributed by atoms with Gasteiger partial charge in [-0.05, 0) is 31.2 Å². The fraction of sp³-hybridized carbons (Fsp3) is 0.273. The van der Waals surface area contributed by atoms with Crippen LogP contribution in [0.2, 0.25) is 0 Å². The van der Waals surface area contributed by atoms with Crippen molar-refractivity contribution in [1.82, 2.24) is 5.32 Å². The van der Waals surface area contributed by atoms with Crippen molar-refractivity contribution in [3.63, 3.8) is 0 Å². The number of hydrogen-bond acceptors (Lipinski definition) is 2. The standard InChI is InChI=1S/C11H14N2O2/c1-8(14)9-4-6-10(7-5-9)13(3)11(15)12-2/h4-7H,1-3H3,(H,12,15). The highest BCUT2D eigenvalue weighted by Gasteiger charge is 2.08. The van der Waals surface area contributed by atoms with Gasteiger partial charge in [-0.1, -0.05) is 0 Å². The van der Waals surface area contributed by atoms with Gasteiger partial charge in [0.25, 0.3) is 0 Å². The number of carbonyl (C=O) groups is 2. The van der Waals surface area contributed by atoms with Gasteiger partial charge in [-0.15, -0.1) is 0 Å². The van der Waals surface area contributed by atoms with Crippen molar-refractivity contribution in [2.45, 2.75) is 6.92 Å². The lowest BCUT2D eigenvalue weighted by atomic mass is 10.1. The topological polar surface area (TPSA) is 49.4 Å². The Bertz CT molecular complexity index is 371. The van der Waals surface area contributed by atoms with Gasteiger partial charge in [0.15, 0.2) is 5.78 Å². The van der Waals surface area contributed by atoms with Crippen LogP contribution in [0, 0.1) is 0 Å².